The minimum absolute atomic E-state index is 0.215. The fraction of sp³-hybridized carbons (Fsp3) is 0.800. The fourth-order valence-corrected chi connectivity index (χ4v) is 6.16. The van der Waals surface area contributed by atoms with Crippen molar-refractivity contribution in [3.8, 4) is 0 Å². The molecule has 0 aromatic rings. The molecular formula is C20H32O4. The summed E-state index contributed by atoms with van der Waals surface area (Å²) in [6.07, 6.45) is 3.41. The first-order chi connectivity index (χ1) is 10.9. The first-order valence-corrected chi connectivity index (χ1v) is 9.06. The van der Waals surface area contributed by atoms with Crippen LogP contribution in [0.15, 0.2) is 24.3 Å². The maximum Gasteiger partial charge on any atom is 0.120 e. The number of hydrogen-bond donors (Lipinski definition) is 4. The molecule has 2 fully saturated rings. The number of fused-ring (bicyclic) bond motifs is 3. The van der Waals surface area contributed by atoms with Crippen molar-refractivity contribution in [1.82, 2.24) is 0 Å². The van der Waals surface area contributed by atoms with Gasteiger partial charge in [-0.1, -0.05) is 46.3 Å². The zero-order chi connectivity index (χ0) is 18.1. The first kappa shape index (κ1) is 18.1. The molecule has 0 spiro atoms. The van der Waals surface area contributed by atoms with Crippen LogP contribution in [0.1, 0.15) is 53.4 Å². The van der Waals surface area contributed by atoms with Gasteiger partial charge >= 0.3 is 0 Å². The van der Waals surface area contributed by atoms with Gasteiger partial charge in [0.15, 0.2) is 0 Å². The average molecular weight is 336 g/mol. The highest BCUT2D eigenvalue weighted by atomic mass is 16.4. The minimum atomic E-state index is -1.52. The van der Waals surface area contributed by atoms with Gasteiger partial charge in [-0.2, -0.15) is 0 Å². The summed E-state index contributed by atoms with van der Waals surface area (Å²) in [5, 5.41) is 44.5. The molecular weight excluding hydrogens is 304 g/mol. The Labute approximate surface area is 144 Å². The molecule has 0 aromatic carbocycles. The highest BCUT2D eigenvalue weighted by Crippen LogP contribution is 2.65. The van der Waals surface area contributed by atoms with Crippen LogP contribution in [-0.4, -0.2) is 44.3 Å². The number of hydrogen-bond acceptors (Lipinski definition) is 4. The Hall–Kier alpha value is -0.680. The van der Waals surface area contributed by atoms with Gasteiger partial charge in [0.25, 0.3) is 0 Å². The molecule has 4 nitrogen and oxygen atoms in total. The Morgan fingerprint density at radius 1 is 1.12 bits per heavy atom. The van der Waals surface area contributed by atoms with Gasteiger partial charge in [0.05, 0.1) is 12.2 Å². The second kappa shape index (κ2) is 5.16. The predicted octanol–water partition coefficient (Wildman–Crippen LogP) is 2.17. The van der Waals surface area contributed by atoms with Crippen molar-refractivity contribution in [3.05, 3.63) is 24.3 Å². The van der Waals surface area contributed by atoms with Crippen LogP contribution in [-0.2, 0) is 0 Å². The first-order valence-electron chi connectivity index (χ1n) is 9.06. The number of rotatable bonds is 1. The van der Waals surface area contributed by atoms with E-state index in [1.54, 1.807) is 6.08 Å². The molecule has 4 heteroatoms. The molecule has 0 amide bonds. The van der Waals surface area contributed by atoms with Gasteiger partial charge in [-0.05, 0) is 30.3 Å². The second-order valence-corrected chi connectivity index (χ2v) is 9.47. The van der Waals surface area contributed by atoms with Crippen LogP contribution in [0.4, 0.5) is 0 Å². The molecule has 0 aliphatic heterocycles. The molecule has 0 aromatic heterocycles. The van der Waals surface area contributed by atoms with Crippen molar-refractivity contribution in [2.75, 3.05) is 0 Å². The van der Waals surface area contributed by atoms with Gasteiger partial charge in [-0.15, -0.1) is 6.58 Å². The van der Waals surface area contributed by atoms with E-state index in [1.165, 1.54) is 0 Å². The van der Waals surface area contributed by atoms with Gasteiger partial charge in [0.1, 0.15) is 11.7 Å². The largest absolute Gasteiger partial charge is 0.390 e. The maximum absolute atomic E-state index is 11.7. The molecule has 24 heavy (non-hydrogen) atoms. The van der Waals surface area contributed by atoms with Crippen LogP contribution in [0.3, 0.4) is 0 Å². The zero-order valence-electron chi connectivity index (χ0n) is 15.3. The highest BCUT2D eigenvalue weighted by molar-refractivity contribution is 5.40. The molecule has 3 rings (SSSR count). The van der Waals surface area contributed by atoms with E-state index in [2.05, 4.69) is 20.4 Å². The van der Waals surface area contributed by atoms with Crippen LogP contribution in [0.25, 0.3) is 0 Å². The van der Waals surface area contributed by atoms with E-state index < -0.39 is 34.7 Å². The average Bonchev–Trinajstić information content (AvgIpc) is 2.47. The lowest BCUT2D eigenvalue weighted by Gasteiger charge is -2.66. The summed E-state index contributed by atoms with van der Waals surface area (Å²) in [5.74, 6) is -0.279. The summed E-state index contributed by atoms with van der Waals surface area (Å²) in [4.78, 5) is 0. The normalized spacial score (nSPS) is 53.6. The minimum Gasteiger partial charge on any atom is -0.390 e. The van der Waals surface area contributed by atoms with Gasteiger partial charge < -0.3 is 20.4 Å². The number of allylic oxidation sites excluding steroid dienone is 2. The molecule has 0 heterocycles. The Bertz CT molecular complexity index is 582. The smallest absolute Gasteiger partial charge is 0.120 e. The Kier molecular flexibility index (Phi) is 3.90. The third-order valence-electron chi connectivity index (χ3n) is 7.41. The summed E-state index contributed by atoms with van der Waals surface area (Å²) in [6.45, 7) is 11.9. The molecule has 3 aliphatic carbocycles. The maximum atomic E-state index is 11.7. The van der Waals surface area contributed by atoms with Crippen molar-refractivity contribution in [3.63, 3.8) is 0 Å². The van der Waals surface area contributed by atoms with Gasteiger partial charge in [-0.25, -0.2) is 0 Å². The van der Waals surface area contributed by atoms with Crippen molar-refractivity contribution >= 4 is 0 Å². The van der Waals surface area contributed by atoms with E-state index in [-0.39, 0.29) is 11.3 Å². The quantitative estimate of drug-likeness (QED) is 0.553. The van der Waals surface area contributed by atoms with Crippen LogP contribution in [0.5, 0.6) is 0 Å². The van der Waals surface area contributed by atoms with Crippen LogP contribution in [0, 0.1) is 22.2 Å². The summed E-state index contributed by atoms with van der Waals surface area (Å²) >= 11 is 0. The van der Waals surface area contributed by atoms with Crippen LogP contribution in [0.2, 0.25) is 0 Å². The summed E-state index contributed by atoms with van der Waals surface area (Å²) in [6, 6.07) is 0. The van der Waals surface area contributed by atoms with Gasteiger partial charge in [0.2, 0.25) is 0 Å². The van der Waals surface area contributed by atoms with E-state index in [0.717, 1.165) is 19.3 Å². The van der Waals surface area contributed by atoms with Crippen molar-refractivity contribution in [1.29, 1.82) is 0 Å². The third kappa shape index (κ3) is 2.06. The third-order valence-corrected chi connectivity index (χ3v) is 7.41. The van der Waals surface area contributed by atoms with E-state index in [4.69, 9.17) is 0 Å². The van der Waals surface area contributed by atoms with Gasteiger partial charge in [-0.3, -0.25) is 0 Å². The lowest BCUT2D eigenvalue weighted by molar-refractivity contribution is -0.252. The van der Waals surface area contributed by atoms with Crippen molar-refractivity contribution in [2.24, 2.45) is 22.2 Å². The summed E-state index contributed by atoms with van der Waals surface area (Å²) in [5.41, 5.74) is -2.55. The lowest BCUT2D eigenvalue weighted by Crippen LogP contribution is -2.73. The van der Waals surface area contributed by atoms with E-state index >= 15 is 0 Å². The zero-order valence-corrected chi connectivity index (χ0v) is 15.3. The summed E-state index contributed by atoms with van der Waals surface area (Å²) in [7, 11) is 0. The highest BCUT2D eigenvalue weighted by Gasteiger charge is 2.69. The Morgan fingerprint density at radius 2 is 1.75 bits per heavy atom. The molecule has 2 saturated carbocycles. The molecule has 3 aliphatic rings. The van der Waals surface area contributed by atoms with Crippen molar-refractivity contribution < 1.29 is 20.4 Å². The molecule has 0 unspecified atom stereocenters. The molecule has 0 bridgehead atoms. The molecule has 4 N–H and O–H groups in total. The monoisotopic (exact) mass is 336 g/mol. The molecule has 0 saturated heterocycles. The number of aliphatic hydroxyl groups excluding tert-OH is 3. The topological polar surface area (TPSA) is 80.9 Å². The molecule has 136 valence electrons. The Morgan fingerprint density at radius 3 is 2.33 bits per heavy atom. The SMILES string of the molecule is C=C[C@]1(C)C=C2[C@H](O)[C@@H](O)[C@H]3C(C)(C)CCC[C@]3(C)[C@@]2(O)[C@H](O)C1. The standard InChI is InChI=1S/C20H32O4/c1-6-18(4)10-12-14(22)15(23)16-17(2,3)8-7-9-19(16,5)20(12,24)13(21)11-18/h6,10,13-16,21-24H,1,7-9,11H2,2-5H3/t13-,14+,15-,16+,18-,19+,20+/m1/s1. The van der Waals surface area contributed by atoms with Crippen LogP contribution < -0.4 is 0 Å². The molecule has 7 atom stereocenters. The lowest BCUT2D eigenvalue weighted by atomic mass is 9.42. The van der Waals surface area contributed by atoms with Crippen molar-refractivity contribution in [2.45, 2.75) is 77.3 Å². The van der Waals surface area contributed by atoms with Gasteiger partial charge in [0, 0.05) is 16.7 Å². The van der Waals surface area contributed by atoms with E-state index in [1.807, 2.05) is 19.9 Å². The van der Waals surface area contributed by atoms with Crippen LogP contribution >= 0.6 is 0 Å². The second-order valence-electron chi connectivity index (χ2n) is 9.47. The number of aliphatic hydroxyl groups is 4. The predicted molar refractivity (Wildman–Crippen MR) is 93.2 cm³/mol. The Balaban J connectivity index is 2.24. The summed E-state index contributed by atoms with van der Waals surface area (Å²) < 4.78 is 0. The van der Waals surface area contributed by atoms with E-state index in [9.17, 15) is 20.4 Å². The fourth-order valence-electron chi connectivity index (χ4n) is 6.16. The van der Waals surface area contributed by atoms with E-state index in [0.29, 0.717) is 12.0 Å². The molecule has 0 radical (unpaired) electrons.